The highest BCUT2D eigenvalue weighted by Gasteiger charge is 2.64. The molecule has 0 saturated carbocycles. The first kappa shape index (κ1) is 16.6. The van der Waals surface area contributed by atoms with Crippen LogP contribution in [0.5, 0.6) is 0 Å². The van der Waals surface area contributed by atoms with Crippen molar-refractivity contribution in [2.75, 3.05) is 13.2 Å². The van der Waals surface area contributed by atoms with E-state index in [9.17, 15) is 14.4 Å². The molecule has 2 saturated heterocycles. The molecule has 1 aromatic carbocycles. The standard InChI is InChI=1S/C17H19N2O5/c18-16(23)17-13(21)10-24-14(17)7-8-19(17)15(22)6-5-11-1-3-12(9-20)4-2-11/h1-4,6,14,20H,5,7-10H2,(H2,18,23). The first-order valence-electron chi connectivity index (χ1n) is 7.78. The van der Waals surface area contributed by atoms with E-state index in [4.69, 9.17) is 15.6 Å². The number of hydrogen-bond donors (Lipinski definition) is 2. The average molecular weight is 331 g/mol. The Balaban J connectivity index is 1.72. The van der Waals surface area contributed by atoms with Gasteiger partial charge in [0.05, 0.1) is 19.1 Å². The Morgan fingerprint density at radius 2 is 2.00 bits per heavy atom. The summed E-state index contributed by atoms with van der Waals surface area (Å²) >= 11 is 0. The summed E-state index contributed by atoms with van der Waals surface area (Å²) in [5.41, 5.74) is 5.48. The van der Waals surface area contributed by atoms with Gasteiger partial charge in [-0.25, -0.2) is 0 Å². The summed E-state index contributed by atoms with van der Waals surface area (Å²) < 4.78 is 5.34. The number of benzene rings is 1. The van der Waals surface area contributed by atoms with Gasteiger partial charge in [0.2, 0.25) is 11.4 Å². The van der Waals surface area contributed by atoms with Crippen molar-refractivity contribution in [1.82, 2.24) is 4.90 Å². The van der Waals surface area contributed by atoms with Crippen molar-refractivity contribution in [3.05, 3.63) is 41.8 Å². The molecule has 2 amide bonds. The fraction of sp³-hybridized carbons (Fsp3) is 0.412. The number of Topliss-reactive ketones (excluding diaryl/α,β-unsaturated/α-hetero) is 1. The van der Waals surface area contributed by atoms with Crippen molar-refractivity contribution in [3.63, 3.8) is 0 Å². The minimum Gasteiger partial charge on any atom is -0.392 e. The van der Waals surface area contributed by atoms with E-state index in [1.807, 2.05) is 12.1 Å². The number of primary amides is 1. The number of carbonyl (C=O) groups is 3. The van der Waals surface area contributed by atoms with Crippen molar-refractivity contribution in [3.8, 4) is 0 Å². The smallest absolute Gasteiger partial charge is 0.254 e. The van der Waals surface area contributed by atoms with Gasteiger partial charge in [0.1, 0.15) is 6.61 Å². The summed E-state index contributed by atoms with van der Waals surface area (Å²) in [5, 5.41) is 9.03. The van der Waals surface area contributed by atoms with E-state index in [0.29, 0.717) is 12.8 Å². The SMILES string of the molecule is NC(=O)C12C(=O)COC1CCN2C(=O)[CH]Cc1ccc(CO)cc1. The number of ether oxygens (including phenoxy) is 1. The summed E-state index contributed by atoms with van der Waals surface area (Å²) in [6.45, 7) is 0.0273. The fourth-order valence-corrected chi connectivity index (χ4v) is 3.43. The van der Waals surface area contributed by atoms with Gasteiger partial charge in [0.15, 0.2) is 5.78 Å². The lowest BCUT2D eigenvalue weighted by molar-refractivity contribution is -0.148. The first-order chi connectivity index (χ1) is 11.5. The lowest BCUT2D eigenvalue weighted by Crippen LogP contribution is -2.63. The molecule has 127 valence electrons. The molecular formula is C17H19N2O5. The number of aliphatic hydroxyl groups excluding tert-OH is 1. The minimum absolute atomic E-state index is 0.0403. The van der Waals surface area contributed by atoms with Crippen LogP contribution < -0.4 is 5.73 Å². The van der Waals surface area contributed by atoms with Crippen LogP contribution in [-0.4, -0.2) is 52.4 Å². The molecule has 2 aliphatic heterocycles. The maximum atomic E-state index is 12.6. The monoisotopic (exact) mass is 331 g/mol. The Morgan fingerprint density at radius 1 is 1.33 bits per heavy atom. The molecule has 24 heavy (non-hydrogen) atoms. The molecule has 1 radical (unpaired) electrons. The molecule has 2 heterocycles. The van der Waals surface area contributed by atoms with Gasteiger partial charge in [-0.1, -0.05) is 24.3 Å². The molecule has 0 bridgehead atoms. The Labute approximate surface area is 139 Å². The van der Waals surface area contributed by atoms with E-state index < -0.39 is 29.2 Å². The topological polar surface area (TPSA) is 110 Å². The van der Waals surface area contributed by atoms with Crippen LogP contribution >= 0.6 is 0 Å². The molecule has 3 rings (SSSR count). The Hall–Kier alpha value is -2.25. The number of ketones is 1. The number of nitrogens with zero attached hydrogens (tertiary/aromatic N) is 1. The van der Waals surface area contributed by atoms with Gasteiger partial charge >= 0.3 is 0 Å². The highest BCUT2D eigenvalue weighted by molar-refractivity contribution is 6.15. The summed E-state index contributed by atoms with van der Waals surface area (Å²) in [4.78, 5) is 38.0. The van der Waals surface area contributed by atoms with E-state index in [-0.39, 0.29) is 19.8 Å². The van der Waals surface area contributed by atoms with Crippen LogP contribution in [0.3, 0.4) is 0 Å². The zero-order valence-corrected chi connectivity index (χ0v) is 13.1. The Bertz CT molecular complexity index is 672. The van der Waals surface area contributed by atoms with E-state index in [1.165, 1.54) is 11.3 Å². The largest absolute Gasteiger partial charge is 0.392 e. The first-order valence-corrected chi connectivity index (χ1v) is 7.78. The molecule has 0 aromatic heterocycles. The lowest BCUT2D eigenvalue weighted by Gasteiger charge is -2.32. The number of hydrogen-bond acceptors (Lipinski definition) is 5. The predicted molar refractivity (Wildman–Crippen MR) is 83.4 cm³/mol. The number of amides is 2. The number of fused-ring (bicyclic) bond motifs is 1. The van der Waals surface area contributed by atoms with Crippen molar-refractivity contribution < 1.29 is 24.2 Å². The van der Waals surface area contributed by atoms with E-state index in [2.05, 4.69) is 0 Å². The summed E-state index contributed by atoms with van der Waals surface area (Å²) in [7, 11) is 0. The molecule has 2 fully saturated rings. The minimum atomic E-state index is -1.66. The molecule has 7 nitrogen and oxygen atoms in total. The van der Waals surface area contributed by atoms with E-state index in [0.717, 1.165) is 11.1 Å². The van der Waals surface area contributed by atoms with Gasteiger partial charge in [-0.15, -0.1) is 0 Å². The van der Waals surface area contributed by atoms with Gasteiger partial charge in [-0.3, -0.25) is 14.4 Å². The second-order valence-corrected chi connectivity index (χ2v) is 6.01. The van der Waals surface area contributed by atoms with Crippen molar-refractivity contribution in [2.45, 2.75) is 31.1 Å². The van der Waals surface area contributed by atoms with Crippen LogP contribution in [0, 0.1) is 6.42 Å². The van der Waals surface area contributed by atoms with Crippen LogP contribution in [-0.2, 0) is 32.1 Å². The molecule has 2 atom stereocenters. The number of likely N-dealkylation sites (tertiary alicyclic amines) is 1. The quantitative estimate of drug-likeness (QED) is 0.697. The molecule has 0 spiro atoms. The van der Waals surface area contributed by atoms with Crippen LogP contribution in [0.1, 0.15) is 17.5 Å². The molecule has 7 heteroatoms. The maximum Gasteiger partial charge on any atom is 0.254 e. The zero-order valence-electron chi connectivity index (χ0n) is 13.1. The molecule has 2 aliphatic rings. The summed E-state index contributed by atoms with van der Waals surface area (Å²) in [5.74, 6) is -1.69. The number of nitrogens with two attached hydrogens (primary N) is 1. The van der Waals surface area contributed by atoms with Crippen LogP contribution in [0.25, 0.3) is 0 Å². The highest BCUT2D eigenvalue weighted by atomic mass is 16.5. The third-order valence-corrected chi connectivity index (χ3v) is 4.71. The number of rotatable bonds is 5. The zero-order chi connectivity index (χ0) is 17.3. The van der Waals surface area contributed by atoms with Gasteiger partial charge < -0.3 is 20.5 Å². The second-order valence-electron chi connectivity index (χ2n) is 6.01. The predicted octanol–water partition coefficient (Wildman–Crippen LogP) is -0.650. The third-order valence-electron chi connectivity index (χ3n) is 4.71. The fourth-order valence-electron chi connectivity index (χ4n) is 3.43. The van der Waals surface area contributed by atoms with Crippen molar-refractivity contribution >= 4 is 17.6 Å². The highest BCUT2D eigenvalue weighted by Crippen LogP contribution is 2.37. The summed E-state index contributed by atoms with van der Waals surface area (Å²) in [6.07, 6.45) is 1.56. The van der Waals surface area contributed by atoms with Gasteiger partial charge in [0.25, 0.3) is 5.91 Å². The third kappa shape index (κ3) is 2.50. The molecular weight excluding hydrogens is 312 g/mol. The molecule has 3 N–H and O–H groups in total. The normalized spacial score (nSPS) is 25.8. The molecule has 1 aromatic rings. The van der Waals surface area contributed by atoms with Crippen LogP contribution in [0.15, 0.2) is 24.3 Å². The maximum absolute atomic E-state index is 12.6. The Morgan fingerprint density at radius 3 is 2.62 bits per heavy atom. The number of aliphatic hydroxyl groups is 1. The van der Waals surface area contributed by atoms with Gasteiger partial charge in [-0.05, 0) is 24.0 Å². The Kier molecular flexibility index (Phi) is 4.38. The molecule has 0 aliphatic carbocycles. The molecule has 2 unspecified atom stereocenters. The average Bonchev–Trinajstić information content (AvgIpc) is 3.12. The van der Waals surface area contributed by atoms with E-state index in [1.54, 1.807) is 12.1 Å². The van der Waals surface area contributed by atoms with Gasteiger partial charge in [-0.2, -0.15) is 0 Å². The number of carbonyl (C=O) groups excluding carboxylic acids is 3. The lowest BCUT2D eigenvalue weighted by atomic mass is 9.89. The van der Waals surface area contributed by atoms with Crippen LogP contribution in [0.4, 0.5) is 0 Å². The van der Waals surface area contributed by atoms with Gasteiger partial charge in [0, 0.05) is 6.54 Å². The van der Waals surface area contributed by atoms with Crippen molar-refractivity contribution in [2.24, 2.45) is 5.73 Å². The van der Waals surface area contributed by atoms with Crippen molar-refractivity contribution in [1.29, 1.82) is 0 Å². The summed E-state index contributed by atoms with van der Waals surface area (Å²) in [6, 6.07) is 7.18. The second kappa shape index (κ2) is 6.33. The van der Waals surface area contributed by atoms with Crippen LogP contribution in [0.2, 0.25) is 0 Å². The van der Waals surface area contributed by atoms with E-state index >= 15 is 0 Å².